The molecule has 0 saturated heterocycles. The van der Waals surface area contributed by atoms with Gasteiger partial charge in [0.1, 0.15) is 91.2 Å². The quantitative estimate of drug-likeness (QED) is 0.0221. The molecule has 0 unspecified atom stereocenters. The van der Waals surface area contributed by atoms with Crippen LogP contribution in [0.1, 0.15) is 158 Å². The number of nitrogens with zero attached hydrogens (tertiary/aromatic N) is 2. The van der Waals surface area contributed by atoms with Gasteiger partial charge < -0.3 is 67.8 Å². The molecule has 13 rings (SSSR count). The average molecular weight is 1300 g/mol. The molecule has 6 N–H and O–H groups in total. The molecule has 5 aromatic heterocycles. The number of fused-ring (bicyclic) bond motifs is 24. The number of aromatic nitrogens is 8. The zero-order valence-corrected chi connectivity index (χ0v) is 57.4. The summed E-state index contributed by atoms with van der Waals surface area (Å²) in [6, 6.07) is 33.7. The van der Waals surface area contributed by atoms with Crippen LogP contribution in [0.5, 0.6) is 46.0 Å². The lowest BCUT2D eigenvalue weighted by molar-refractivity contribution is 0.311. The Hall–Kier alpha value is -9.44. The van der Waals surface area contributed by atoms with Crippen molar-refractivity contribution in [3.05, 3.63) is 97.1 Å². The number of rotatable bonds is 32. The van der Waals surface area contributed by atoms with Crippen LogP contribution in [0, 0.1) is 0 Å². The smallest absolute Gasteiger partial charge is 0.145 e. The molecular weight excluding hydrogens is 1200 g/mol. The van der Waals surface area contributed by atoms with Crippen LogP contribution < -0.4 is 37.9 Å². The van der Waals surface area contributed by atoms with E-state index < -0.39 is 0 Å². The second kappa shape index (κ2) is 30.1. The van der Waals surface area contributed by atoms with Crippen molar-refractivity contribution < 1.29 is 37.9 Å². The molecule has 0 aliphatic carbocycles. The van der Waals surface area contributed by atoms with Crippen LogP contribution in [0.4, 0.5) is 0 Å². The van der Waals surface area contributed by atoms with Crippen molar-refractivity contribution in [1.29, 1.82) is 0 Å². The Kier molecular flexibility index (Phi) is 20.5. The largest absolute Gasteiger partial charge is 0.492 e. The van der Waals surface area contributed by atoms with E-state index in [2.05, 4.69) is 182 Å². The second-order valence-electron chi connectivity index (χ2n) is 25.3. The Morgan fingerprint density at radius 1 is 0.219 bits per heavy atom. The van der Waals surface area contributed by atoms with Gasteiger partial charge in [-0.05, 0) is 51.4 Å². The third kappa shape index (κ3) is 12.4. The molecule has 0 atom stereocenters. The van der Waals surface area contributed by atoms with E-state index in [1.54, 1.807) is 0 Å². The van der Waals surface area contributed by atoms with E-state index in [9.17, 15) is 0 Å². The third-order valence-electron chi connectivity index (χ3n) is 18.3. The highest BCUT2D eigenvalue weighted by molar-refractivity contribution is 6.26. The first kappa shape index (κ1) is 65.2. The zero-order chi connectivity index (χ0) is 66.1. The SMILES string of the molecule is CCCCOc1c2ccccc2c(OCCCC)c2c3nc4[nH]c([nH]c5[nH]c([nH]c6[nH]c(nc([nH]3)c12)c1c(OCCCC)c2ccccc2c(OCCCC)c61)c1c(OCCCC)c2ccccc2c(OCCCC)c51)c1c(OCCCC)c2ccccc2c(OCCCC)c41. The summed E-state index contributed by atoms with van der Waals surface area (Å²) < 4.78 is 57.5. The van der Waals surface area contributed by atoms with E-state index in [1.165, 1.54) is 0 Å². The van der Waals surface area contributed by atoms with Crippen LogP contribution in [0.15, 0.2) is 97.1 Å². The van der Waals surface area contributed by atoms with E-state index in [1.807, 2.05) is 0 Å². The molecule has 0 radical (unpaired) electrons. The maximum absolute atomic E-state index is 7.20. The van der Waals surface area contributed by atoms with Crippen LogP contribution in [0.2, 0.25) is 0 Å². The molecule has 16 nitrogen and oxygen atoms in total. The summed E-state index contributed by atoms with van der Waals surface area (Å²) in [5, 5.41) is 13.4. The second-order valence-corrected chi connectivity index (χ2v) is 25.3. The fourth-order valence-electron chi connectivity index (χ4n) is 13.3. The summed E-state index contributed by atoms with van der Waals surface area (Å²) in [5.74, 6) is 5.58. The van der Waals surface area contributed by atoms with Crippen molar-refractivity contribution in [2.75, 3.05) is 52.9 Å². The van der Waals surface area contributed by atoms with Crippen molar-refractivity contribution >= 4 is 131 Å². The molecule has 96 heavy (non-hydrogen) atoms. The van der Waals surface area contributed by atoms with Gasteiger partial charge in [0.25, 0.3) is 0 Å². The van der Waals surface area contributed by atoms with Crippen LogP contribution in [-0.4, -0.2) is 92.7 Å². The lowest BCUT2D eigenvalue weighted by Crippen LogP contribution is -2.02. The highest BCUT2D eigenvalue weighted by Crippen LogP contribution is 2.52. The Bertz CT molecular complexity index is 4140. The minimum Gasteiger partial charge on any atom is -0.492 e. The summed E-state index contributed by atoms with van der Waals surface area (Å²) in [6.45, 7) is 21.4. The monoisotopic (exact) mass is 1290 g/mol. The van der Waals surface area contributed by atoms with Crippen LogP contribution in [-0.2, 0) is 0 Å². The molecule has 0 saturated carbocycles. The molecule has 8 bridgehead atoms. The predicted molar refractivity (Wildman–Crippen MR) is 397 cm³/mol. The standard InChI is InChI=1S/C80H94N8O8/c1-9-17-41-89-65-49-33-25-26-34-50(49)66(90-42-18-10-2)58-57(65)73-81-74(58)86-76-61-62(70(94-46-22-14-6)54-38-30-29-37-53(54)69(61)93-45-21-13-5)78(83-76)88-80-64-63(71(95-47-23-15-7)55-39-31-32-40-56(55)72(64)96-48-24-16-8)79(84-80)87-77-60-59(75(82-77)85-73)67(91-43-19-11-3)51-35-27-28-36-52(51)68(60)92-44-20-12-4/h25-40,81-83,85-86H,9-24,41-48H2,1-8H3,(H,84,87,88). The van der Waals surface area contributed by atoms with Crippen LogP contribution in [0.3, 0.4) is 0 Å². The van der Waals surface area contributed by atoms with Gasteiger partial charge >= 0.3 is 0 Å². The third-order valence-corrected chi connectivity index (χ3v) is 18.3. The Labute approximate surface area is 560 Å². The van der Waals surface area contributed by atoms with Gasteiger partial charge in [0.2, 0.25) is 0 Å². The number of ether oxygens (including phenoxy) is 8. The number of hydrogen-bond acceptors (Lipinski definition) is 10. The van der Waals surface area contributed by atoms with E-state index in [-0.39, 0.29) is 0 Å². The molecule has 0 amide bonds. The lowest BCUT2D eigenvalue weighted by Gasteiger charge is -2.17. The first-order valence-electron chi connectivity index (χ1n) is 35.8. The molecule has 502 valence electrons. The Balaban J connectivity index is 1.36. The fraction of sp³-hybridized carbons (Fsp3) is 0.400. The number of benzene rings is 8. The van der Waals surface area contributed by atoms with Gasteiger partial charge in [-0.2, -0.15) is 0 Å². The van der Waals surface area contributed by atoms with Crippen molar-refractivity contribution in [2.45, 2.75) is 158 Å². The normalized spacial score (nSPS) is 11.9. The van der Waals surface area contributed by atoms with Crippen molar-refractivity contribution in [1.82, 2.24) is 39.9 Å². The average Bonchev–Trinajstić information content (AvgIpc) is 1.56. The van der Waals surface area contributed by atoms with Gasteiger partial charge in [-0.3, -0.25) is 0 Å². The first-order valence-corrected chi connectivity index (χ1v) is 35.8. The van der Waals surface area contributed by atoms with Gasteiger partial charge in [-0.25, -0.2) is 9.97 Å². The van der Waals surface area contributed by atoms with Gasteiger partial charge in [0.15, 0.2) is 0 Å². The number of aromatic amines is 6. The summed E-state index contributed by atoms with van der Waals surface area (Å²) in [7, 11) is 0. The summed E-state index contributed by atoms with van der Waals surface area (Å²) in [4.78, 5) is 35.9. The maximum Gasteiger partial charge on any atom is 0.145 e. The molecule has 0 spiro atoms. The Morgan fingerprint density at radius 2 is 0.385 bits per heavy atom. The minimum atomic E-state index is 0.474. The molecule has 13 aromatic rings. The number of nitrogens with one attached hydrogen (secondary N) is 6. The van der Waals surface area contributed by atoms with E-state index >= 15 is 0 Å². The number of hydrogen-bond donors (Lipinski definition) is 6. The molecule has 0 aliphatic heterocycles. The van der Waals surface area contributed by atoms with Gasteiger partial charge in [0.05, 0.1) is 95.9 Å². The zero-order valence-electron chi connectivity index (χ0n) is 57.4. The van der Waals surface area contributed by atoms with E-state index in [4.69, 9.17) is 47.9 Å². The highest BCUT2D eigenvalue weighted by atomic mass is 16.5. The summed E-state index contributed by atoms with van der Waals surface area (Å²) >= 11 is 0. The number of H-pyrrole nitrogens is 6. The van der Waals surface area contributed by atoms with Crippen molar-refractivity contribution in [3.8, 4) is 46.0 Å². The topological polar surface area (TPSA) is 194 Å². The fourth-order valence-corrected chi connectivity index (χ4v) is 13.3. The highest BCUT2D eigenvalue weighted by Gasteiger charge is 2.29. The first-order chi connectivity index (χ1) is 47.4. The van der Waals surface area contributed by atoms with E-state index in [0.29, 0.717) is 144 Å². The lowest BCUT2D eigenvalue weighted by atomic mass is 10.0. The van der Waals surface area contributed by atoms with Crippen LogP contribution in [0.25, 0.3) is 131 Å². The molecule has 8 aromatic carbocycles. The molecule has 0 fully saturated rings. The molecule has 0 aliphatic rings. The van der Waals surface area contributed by atoms with Crippen molar-refractivity contribution in [3.63, 3.8) is 0 Å². The number of unbranched alkanes of at least 4 members (excludes halogenated alkanes) is 8. The molecule has 16 heteroatoms. The predicted octanol–water partition coefficient (Wildman–Crippen LogP) is 22.0. The summed E-state index contributed by atoms with van der Waals surface area (Å²) in [5.41, 5.74) is 4.59. The molecule has 5 heterocycles. The van der Waals surface area contributed by atoms with Gasteiger partial charge in [-0.15, -0.1) is 0 Å². The van der Waals surface area contributed by atoms with Gasteiger partial charge in [-0.1, -0.05) is 204 Å². The maximum atomic E-state index is 7.20. The Morgan fingerprint density at radius 3 is 0.594 bits per heavy atom. The van der Waals surface area contributed by atoms with Crippen LogP contribution >= 0.6 is 0 Å². The minimum absolute atomic E-state index is 0.474. The van der Waals surface area contributed by atoms with Gasteiger partial charge in [0, 0.05) is 43.1 Å². The summed E-state index contributed by atoms with van der Waals surface area (Å²) in [6.07, 6.45) is 14.3. The van der Waals surface area contributed by atoms with Crippen molar-refractivity contribution in [2.24, 2.45) is 0 Å². The molecular formula is C80H94N8O8. The van der Waals surface area contributed by atoms with E-state index in [0.717, 1.165) is 189 Å².